The molecule has 4 nitrogen and oxygen atoms in total. The molecule has 1 aromatic carbocycles. The highest BCUT2D eigenvalue weighted by molar-refractivity contribution is 9.10. The second kappa shape index (κ2) is 7.72. The van der Waals surface area contributed by atoms with Crippen LogP contribution in [0, 0.1) is 5.92 Å². The summed E-state index contributed by atoms with van der Waals surface area (Å²) in [5, 5.41) is 12.6. The molecule has 0 aliphatic carbocycles. The van der Waals surface area contributed by atoms with Gasteiger partial charge in [-0.25, -0.2) is 0 Å². The molecule has 0 unspecified atom stereocenters. The molecular formula is C14H22BrNO3. The number of rotatable bonds is 7. The van der Waals surface area contributed by atoms with Crippen molar-refractivity contribution in [3.8, 4) is 11.5 Å². The highest BCUT2D eigenvalue weighted by atomic mass is 79.9. The number of aliphatic hydroxyl groups is 1. The number of hydrogen-bond acceptors (Lipinski definition) is 4. The topological polar surface area (TPSA) is 50.7 Å². The van der Waals surface area contributed by atoms with Crippen molar-refractivity contribution in [1.82, 2.24) is 5.32 Å². The van der Waals surface area contributed by atoms with Gasteiger partial charge in [0.1, 0.15) is 0 Å². The third-order valence-corrected chi connectivity index (χ3v) is 3.65. The van der Waals surface area contributed by atoms with E-state index in [0.717, 1.165) is 10.0 Å². The quantitative estimate of drug-likeness (QED) is 0.806. The SMILES string of the molecule is COc1cc(CN[C@H](CO)C(C)C)cc(Br)c1OC. The van der Waals surface area contributed by atoms with Crippen LogP contribution in [0.15, 0.2) is 16.6 Å². The Morgan fingerprint density at radius 2 is 1.95 bits per heavy atom. The molecule has 0 spiro atoms. The minimum absolute atomic E-state index is 0.0897. The first-order chi connectivity index (χ1) is 9.03. The van der Waals surface area contributed by atoms with Gasteiger partial charge in [-0.3, -0.25) is 0 Å². The minimum atomic E-state index is 0.0897. The number of aliphatic hydroxyl groups excluding tert-OH is 1. The zero-order valence-electron chi connectivity index (χ0n) is 11.9. The van der Waals surface area contributed by atoms with E-state index in [2.05, 4.69) is 35.1 Å². The van der Waals surface area contributed by atoms with E-state index in [0.29, 0.717) is 24.0 Å². The standard InChI is InChI=1S/C14H22BrNO3/c1-9(2)12(8-17)16-7-10-5-11(15)14(19-4)13(6-10)18-3/h5-6,9,12,16-17H,7-8H2,1-4H3/t12-/m1/s1. The minimum Gasteiger partial charge on any atom is -0.493 e. The fourth-order valence-corrected chi connectivity index (χ4v) is 2.48. The molecule has 108 valence electrons. The predicted octanol–water partition coefficient (Wildman–Crippen LogP) is 2.57. The van der Waals surface area contributed by atoms with E-state index in [4.69, 9.17) is 9.47 Å². The first-order valence-corrected chi connectivity index (χ1v) is 7.07. The number of benzene rings is 1. The molecule has 5 heteroatoms. The Morgan fingerprint density at radius 3 is 2.42 bits per heavy atom. The number of nitrogens with one attached hydrogen (secondary N) is 1. The van der Waals surface area contributed by atoms with Gasteiger partial charge in [0.15, 0.2) is 11.5 Å². The van der Waals surface area contributed by atoms with Gasteiger partial charge >= 0.3 is 0 Å². The zero-order valence-corrected chi connectivity index (χ0v) is 13.5. The molecule has 0 aliphatic rings. The average molecular weight is 332 g/mol. The summed E-state index contributed by atoms with van der Waals surface area (Å²) in [5.74, 6) is 1.76. The molecule has 1 aromatic rings. The molecule has 0 saturated carbocycles. The van der Waals surface area contributed by atoms with Gasteiger partial charge in [-0.2, -0.15) is 0 Å². The van der Waals surface area contributed by atoms with E-state index in [-0.39, 0.29) is 12.6 Å². The van der Waals surface area contributed by atoms with Gasteiger partial charge in [-0.1, -0.05) is 13.8 Å². The molecule has 0 aromatic heterocycles. The van der Waals surface area contributed by atoms with Crippen LogP contribution < -0.4 is 14.8 Å². The van der Waals surface area contributed by atoms with Gasteiger partial charge < -0.3 is 19.9 Å². The van der Waals surface area contributed by atoms with Crippen LogP contribution in [0.4, 0.5) is 0 Å². The van der Waals surface area contributed by atoms with E-state index < -0.39 is 0 Å². The first kappa shape index (κ1) is 16.3. The molecular weight excluding hydrogens is 310 g/mol. The van der Waals surface area contributed by atoms with Crippen LogP contribution in [0.3, 0.4) is 0 Å². The monoisotopic (exact) mass is 331 g/mol. The Hall–Kier alpha value is -0.780. The van der Waals surface area contributed by atoms with Crippen molar-refractivity contribution in [3.63, 3.8) is 0 Å². The lowest BCUT2D eigenvalue weighted by Crippen LogP contribution is -2.36. The predicted molar refractivity (Wildman–Crippen MR) is 79.8 cm³/mol. The Balaban J connectivity index is 2.82. The van der Waals surface area contributed by atoms with Crippen molar-refractivity contribution in [3.05, 3.63) is 22.2 Å². The first-order valence-electron chi connectivity index (χ1n) is 6.28. The van der Waals surface area contributed by atoms with Crippen LogP contribution >= 0.6 is 15.9 Å². The maximum Gasteiger partial charge on any atom is 0.174 e. The maximum atomic E-state index is 9.30. The molecule has 0 heterocycles. The second-order valence-electron chi connectivity index (χ2n) is 4.73. The number of ether oxygens (including phenoxy) is 2. The molecule has 19 heavy (non-hydrogen) atoms. The molecule has 0 aliphatic heterocycles. The molecule has 1 atom stereocenters. The third kappa shape index (κ3) is 4.37. The normalized spacial score (nSPS) is 12.6. The Labute approximate surface area is 123 Å². The van der Waals surface area contributed by atoms with E-state index in [1.807, 2.05) is 12.1 Å². The van der Waals surface area contributed by atoms with E-state index in [1.165, 1.54) is 0 Å². The Kier molecular flexibility index (Phi) is 6.62. The van der Waals surface area contributed by atoms with Gasteiger partial charge in [-0.15, -0.1) is 0 Å². The van der Waals surface area contributed by atoms with Crippen molar-refractivity contribution >= 4 is 15.9 Å². The van der Waals surface area contributed by atoms with E-state index in [9.17, 15) is 5.11 Å². The molecule has 0 fully saturated rings. The lowest BCUT2D eigenvalue weighted by Gasteiger charge is -2.20. The van der Waals surface area contributed by atoms with Crippen LogP contribution in [-0.2, 0) is 6.54 Å². The molecule has 1 rings (SSSR count). The Bertz CT molecular complexity index is 410. The summed E-state index contributed by atoms with van der Waals surface area (Å²) in [4.78, 5) is 0. The Morgan fingerprint density at radius 1 is 1.26 bits per heavy atom. The molecule has 0 amide bonds. The smallest absolute Gasteiger partial charge is 0.174 e. The van der Waals surface area contributed by atoms with Crippen LogP contribution in [0.2, 0.25) is 0 Å². The van der Waals surface area contributed by atoms with Crippen molar-refractivity contribution < 1.29 is 14.6 Å². The van der Waals surface area contributed by atoms with Crippen LogP contribution in [0.1, 0.15) is 19.4 Å². The van der Waals surface area contributed by atoms with Crippen molar-refractivity contribution in [2.75, 3.05) is 20.8 Å². The number of halogens is 1. The summed E-state index contributed by atoms with van der Waals surface area (Å²) in [5.41, 5.74) is 1.07. The fraction of sp³-hybridized carbons (Fsp3) is 0.571. The summed E-state index contributed by atoms with van der Waals surface area (Å²) in [6, 6.07) is 4.01. The summed E-state index contributed by atoms with van der Waals surface area (Å²) in [6.07, 6.45) is 0. The second-order valence-corrected chi connectivity index (χ2v) is 5.58. The summed E-state index contributed by atoms with van der Waals surface area (Å²) < 4.78 is 11.4. The lowest BCUT2D eigenvalue weighted by molar-refractivity contribution is 0.210. The van der Waals surface area contributed by atoms with E-state index >= 15 is 0 Å². The van der Waals surface area contributed by atoms with Gasteiger partial charge in [0.2, 0.25) is 0 Å². The van der Waals surface area contributed by atoms with Crippen LogP contribution in [-0.4, -0.2) is 32.0 Å². The lowest BCUT2D eigenvalue weighted by atomic mass is 10.0. The van der Waals surface area contributed by atoms with Gasteiger partial charge in [0.05, 0.1) is 25.3 Å². The van der Waals surface area contributed by atoms with Crippen molar-refractivity contribution in [2.45, 2.75) is 26.4 Å². The molecule has 0 radical (unpaired) electrons. The van der Waals surface area contributed by atoms with Crippen molar-refractivity contribution in [1.29, 1.82) is 0 Å². The van der Waals surface area contributed by atoms with Crippen molar-refractivity contribution in [2.24, 2.45) is 5.92 Å². The zero-order chi connectivity index (χ0) is 14.4. The van der Waals surface area contributed by atoms with Gasteiger partial charge in [0.25, 0.3) is 0 Å². The highest BCUT2D eigenvalue weighted by Crippen LogP contribution is 2.36. The van der Waals surface area contributed by atoms with Crippen LogP contribution in [0.25, 0.3) is 0 Å². The summed E-state index contributed by atoms with van der Waals surface area (Å²) >= 11 is 3.47. The summed E-state index contributed by atoms with van der Waals surface area (Å²) in [6.45, 7) is 4.96. The highest BCUT2D eigenvalue weighted by Gasteiger charge is 2.14. The van der Waals surface area contributed by atoms with Gasteiger partial charge in [-0.05, 0) is 39.5 Å². The third-order valence-electron chi connectivity index (χ3n) is 3.06. The van der Waals surface area contributed by atoms with Crippen LogP contribution in [0.5, 0.6) is 11.5 Å². The largest absolute Gasteiger partial charge is 0.493 e. The molecule has 2 N–H and O–H groups in total. The average Bonchev–Trinajstić information content (AvgIpc) is 2.38. The summed E-state index contributed by atoms with van der Waals surface area (Å²) in [7, 11) is 3.23. The van der Waals surface area contributed by atoms with Gasteiger partial charge in [0, 0.05) is 12.6 Å². The number of hydrogen-bond donors (Lipinski definition) is 2. The molecule has 0 bridgehead atoms. The number of methoxy groups -OCH3 is 2. The molecule has 0 saturated heterocycles. The maximum absolute atomic E-state index is 9.30. The van der Waals surface area contributed by atoms with E-state index in [1.54, 1.807) is 14.2 Å². The fourth-order valence-electron chi connectivity index (χ4n) is 1.83.